The van der Waals surface area contributed by atoms with E-state index >= 15 is 0 Å². The van der Waals surface area contributed by atoms with Crippen LogP contribution in [0.5, 0.6) is 0 Å². The standard InChI is InChI=1S/C13H25N3O/c1-5-6-12(10-17-4)15-13-14-7-8-16(13)9-11(2)3/h7-8,11-12H,5-6,9-10H2,1-4H3,(H,14,15). The summed E-state index contributed by atoms with van der Waals surface area (Å²) < 4.78 is 7.40. The van der Waals surface area contributed by atoms with Gasteiger partial charge in [0.2, 0.25) is 5.95 Å². The van der Waals surface area contributed by atoms with Crippen molar-refractivity contribution in [3.05, 3.63) is 12.4 Å². The largest absolute Gasteiger partial charge is 0.383 e. The number of hydrogen-bond acceptors (Lipinski definition) is 3. The third-order valence-electron chi connectivity index (χ3n) is 2.62. The zero-order chi connectivity index (χ0) is 12.7. The maximum atomic E-state index is 5.23. The van der Waals surface area contributed by atoms with Crippen LogP contribution < -0.4 is 5.32 Å². The number of aromatic nitrogens is 2. The van der Waals surface area contributed by atoms with E-state index in [1.165, 1.54) is 0 Å². The predicted molar refractivity (Wildman–Crippen MR) is 71.3 cm³/mol. The van der Waals surface area contributed by atoms with Crippen LogP contribution in [0, 0.1) is 5.92 Å². The normalized spacial score (nSPS) is 13.0. The van der Waals surface area contributed by atoms with Gasteiger partial charge in [0.25, 0.3) is 0 Å². The van der Waals surface area contributed by atoms with Crippen molar-refractivity contribution >= 4 is 5.95 Å². The Bertz CT molecular complexity index is 303. The molecule has 4 heteroatoms. The number of hydrogen-bond donors (Lipinski definition) is 1. The Kier molecular flexibility index (Phi) is 6.05. The van der Waals surface area contributed by atoms with Crippen molar-refractivity contribution in [2.45, 2.75) is 46.2 Å². The quantitative estimate of drug-likeness (QED) is 0.758. The van der Waals surface area contributed by atoms with Gasteiger partial charge in [0, 0.05) is 26.0 Å². The summed E-state index contributed by atoms with van der Waals surface area (Å²) in [4.78, 5) is 4.37. The van der Waals surface area contributed by atoms with Gasteiger partial charge in [0.15, 0.2) is 0 Å². The summed E-state index contributed by atoms with van der Waals surface area (Å²) in [5, 5.41) is 3.46. The first-order valence-corrected chi connectivity index (χ1v) is 6.44. The number of anilines is 1. The Labute approximate surface area is 104 Å². The van der Waals surface area contributed by atoms with Crippen molar-refractivity contribution in [1.29, 1.82) is 0 Å². The molecule has 98 valence electrons. The molecule has 1 aromatic heterocycles. The molecule has 17 heavy (non-hydrogen) atoms. The van der Waals surface area contributed by atoms with Crippen LogP contribution in [-0.4, -0.2) is 29.3 Å². The summed E-state index contributed by atoms with van der Waals surface area (Å²) >= 11 is 0. The fraction of sp³-hybridized carbons (Fsp3) is 0.769. The van der Waals surface area contributed by atoms with Crippen LogP contribution in [0.4, 0.5) is 5.95 Å². The molecule has 0 saturated heterocycles. The summed E-state index contributed by atoms with van der Waals surface area (Å²) in [5.41, 5.74) is 0. The second-order valence-electron chi connectivity index (χ2n) is 4.88. The number of rotatable bonds is 8. The summed E-state index contributed by atoms with van der Waals surface area (Å²) in [6.45, 7) is 8.33. The Morgan fingerprint density at radius 2 is 2.24 bits per heavy atom. The summed E-state index contributed by atoms with van der Waals surface area (Å²) in [5.74, 6) is 1.58. The van der Waals surface area contributed by atoms with Crippen LogP contribution >= 0.6 is 0 Å². The predicted octanol–water partition coefficient (Wildman–Crippen LogP) is 2.77. The van der Waals surface area contributed by atoms with E-state index in [0.29, 0.717) is 12.0 Å². The van der Waals surface area contributed by atoms with Crippen molar-refractivity contribution in [3.63, 3.8) is 0 Å². The van der Waals surface area contributed by atoms with Crippen molar-refractivity contribution in [1.82, 2.24) is 9.55 Å². The zero-order valence-corrected chi connectivity index (χ0v) is 11.4. The van der Waals surface area contributed by atoms with Crippen LogP contribution in [0.25, 0.3) is 0 Å². The molecule has 1 heterocycles. The van der Waals surface area contributed by atoms with E-state index in [9.17, 15) is 0 Å². The number of nitrogens with zero attached hydrogens (tertiary/aromatic N) is 2. The molecule has 1 aromatic rings. The lowest BCUT2D eigenvalue weighted by Crippen LogP contribution is -2.26. The number of methoxy groups -OCH3 is 1. The Morgan fingerprint density at radius 1 is 1.47 bits per heavy atom. The molecule has 0 fully saturated rings. The minimum Gasteiger partial charge on any atom is -0.383 e. The van der Waals surface area contributed by atoms with Crippen molar-refractivity contribution in [2.24, 2.45) is 5.92 Å². The molecule has 0 aliphatic carbocycles. The number of imidazole rings is 1. The second-order valence-corrected chi connectivity index (χ2v) is 4.88. The summed E-state index contributed by atoms with van der Waals surface area (Å²) in [6.07, 6.45) is 6.12. The first kappa shape index (κ1) is 14.0. The third kappa shape index (κ3) is 4.77. The number of nitrogens with one attached hydrogen (secondary N) is 1. The fourth-order valence-corrected chi connectivity index (χ4v) is 1.92. The van der Waals surface area contributed by atoms with Crippen LogP contribution in [-0.2, 0) is 11.3 Å². The van der Waals surface area contributed by atoms with Crippen LogP contribution in [0.2, 0.25) is 0 Å². The average Bonchev–Trinajstić information content (AvgIpc) is 2.65. The maximum Gasteiger partial charge on any atom is 0.203 e. The van der Waals surface area contributed by atoms with Crippen LogP contribution in [0.3, 0.4) is 0 Å². The van der Waals surface area contributed by atoms with Crippen molar-refractivity contribution in [2.75, 3.05) is 19.0 Å². The molecule has 4 nitrogen and oxygen atoms in total. The lowest BCUT2D eigenvalue weighted by molar-refractivity contribution is 0.182. The molecular weight excluding hydrogens is 214 g/mol. The van der Waals surface area contributed by atoms with Gasteiger partial charge in [-0.25, -0.2) is 4.98 Å². The molecule has 1 unspecified atom stereocenters. The molecule has 1 N–H and O–H groups in total. The summed E-state index contributed by atoms with van der Waals surface area (Å²) in [6, 6.07) is 0.346. The highest BCUT2D eigenvalue weighted by atomic mass is 16.5. The highest BCUT2D eigenvalue weighted by Crippen LogP contribution is 2.11. The van der Waals surface area contributed by atoms with E-state index in [4.69, 9.17) is 4.74 Å². The Hall–Kier alpha value is -1.03. The highest BCUT2D eigenvalue weighted by Gasteiger charge is 2.11. The molecular formula is C13H25N3O. The molecule has 0 radical (unpaired) electrons. The molecule has 0 spiro atoms. The molecule has 1 rings (SSSR count). The zero-order valence-electron chi connectivity index (χ0n) is 11.4. The number of ether oxygens (including phenoxy) is 1. The summed E-state index contributed by atoms with van der Waals surface area (Å²) in [7, 11) is 1.74. The lowest BCUT2D eigenvalue weighted by atomic mass is 10.2. The maximum absolute atomic E-state index is 5.23. The van der Waals surface area contributed by atoms with Crippen LogP contribution in [0.1, 0.15) is 33.6 Å². The Morgan fingerprint density at radius 3 is 2.82 bits per heavy atom. The molecule has 0 amide bonds. The monoisotopic (exact) mass is 239 g/mol. The van der Waals surface area contributed by atoms with E-state index in [0.717, 1.165) is 31.9 Å². The van der Waals surface area contributed by atoms with Gasteiger partial charge in [-0.05, 0) is 12.3 Å². The first-order chi connectivity index (χ1) is 8.17. The fourth-order valence-electron chi connectivity index (χ4n) is 1.92. The van der Waals surface area contributed by atoms with Gasteiger partial charge < -0.3 is 14.6 Å². The van der Waals surface area contributed by atoms with E-state index in [-0.39, 0.29) is 0 Å². The van der Waals surface area contributed by atoms with E-state index in [1.807, 2.05) is 12.4 Å². The van der Waals surface area contributed by atoms with Crippen molar-refractivity contribution < 1.29 is 4.74 Å². The van der Waals surface area contributed by atoms with E-state index in [2.05, 4.69) is 35.6 Å². The third-order valence-corrected chi connectivity index (χ3v) is 2.62. The lowest BCUT2D eigenvalue weighted by Gasteiger charge is -2.19. The molecule has 0 aliphatic heterocycles. The molecule has 0 saturated carbocycles. The van der Waals surface area contributed by atoms with Gasteiger partial charge in [0.05, 0.1) is 12.6 Å². The molecule has 0 bridgehead atoms. The Balaban J connectivity index is 2.61. The molecule has 1 atom stereocenters. The van der Waals surface area contributed by atoms with Gasteiger partial charge in [0.1, 0.15) is 0 Å². The minimum absolute atomic E-state index is 0.346. The van der Waals surface area contributed by atoms with E-state index < -0.39 is 0 Å². The topological polar surface area (TPSA) is 39.1 Å². The molecule has 0 aromatic carbocycles. The second kappa shape index (κ2) is 7.33. The van der Waals surface area contributed by atoms with Gasteiger partial charge >= 0.3 is 0 Å². The minimum atomic E-state index is 0.346. The SMILES string of the molecule is CCCC(COC)Nc1nccn1CC(C)C. The van der Waals surface area contributed by atoms with Gasteiger partial charge in [-0.2, -0.15) is 0 Å². The average molecular weight is 239 g/mol. The van der Waals surface area contributed by atoms with Gasteiger partial charge in [-0.15, -0.1) is 0 Å². The highest BCUT2D eigenvalue weighted by molar-refractivity contribution is 5.27. The van der Waals surface area contributed by atoms with Crippen LogP contribution in [0.15, 0.2) is 12.4 Å². The smallest absolute Gasteiger partial charge is 0.203 e. The van der Waals surface area contributed by atoms with Crippen molar-refractivity contribution in [3.8, 4) is 0 Å². The van der Waals surface area contributed by atoms with Gasteiger partial charge in [-0.1, -0.05) is 27.2 Å². The van der Waals surface area contributed by atoms with Gasteiger partial charge in [-0.3, -0.25) is 0 Å². The first-order valence-electron chi connectivity index (χ1n) is 6.44. The molecule has 0 aliphatic rings. The van der Waals surface area contributed by atoms with E-state index in [1.54, 1.807) is 7.11 Å².